The van der Waals surface area contributed by atoms with Crippen LogP contribution in [0.1, 0.15) is 25.5 Å². The van der Waals surface area contributed by atoms with E-state index in [0.29, 0.717) is 11.7 Å². The Kier molecular flexibility index (Phi) is 3.30. The number of aromatic nitrogens is 4. The third kappa shape index (κ3) is 2.12. The quantitative estimate of drug-likeness (QED) is 0.715. The summed E-state index contributed by atoms with van der Waals surface area (Å²) in [4.78, 5) is 13.7. The van der Waals surface area contributed by atoms with Crippen LogP contribution < -0.4 is 0 Å². The second-order valence-corrected chi connectivity index (χ2v) is 5.94. The highest BCUT2D eigenvalue weighted by Crippen LogP contribution is 2.32. The van der Waals surface area contributed by atoms with Crippen LogP contribution in [0.2, 0.25) is 0 Å². The second kappa shape index (κ2) is 4.98. The molecule has 0 spiro atoms. The molecule has 3 aromatic rings. The summed E-state index contributed by atoms with van der Waals surface area (Å²) in [6, 6.07) is 5.78. The molecule has 0 unspecified atom stereocenters. The Morgan fingerprint density at radius 3 is 2.65 bits per heavy atom. The van der Waals surface area contributed by atoms with Crippen molar-refractivity contribution in [3.63, 3.8) is 0 Å². The van der Waals surface area contributed by atoms with E-state index in [1.165, 1.54) is 0 Å². The predicted octanol–water partition coefficient (Wildman–Crippen LogP) is 3.92. The van der Waals surface area contributed by atoms with Crippen LogP contribution in [-0.4, -0.2) is 19.5 Å². The molecule has 3 heterocycles. The number of pyridine rings is 1. The normalized spacial score (nSPS) is 11.4. The number of hydrogen-bond donors (Lipinski definition) is 0. The van der Waals surface area contributed by atoms with Crippen molar-refractivity contribution in [2.75, 3.05) is 0 Å². The Morgan fingerprint density at radius 2 is 2.00 bits per heavy atom. The van der Waals surface area contributed by atoms with Crippen LogP contribution in [0.5, 0.6) is 0 Å². The maximum Gasteiger partial charge on any atom is 0.180 e. The molecular weight excluding hydrogens is 316 g/mol. The zero-order valence-corrected chi connectivity index (χ0v) is 13.2. The minimum atomic E-state index is 0.321. The molecule has 4 nitrogen and oxygen atoms in total. The van der Waals surface area contributed by atoms with Crippen molar-refractivity contribution in [3.8, 4) is 11.5 Å². The fourth-order valence-electron chi connectivity index (χ4n) is 2.27. The lowest BCUT2D eigenvalue weighted by Gasteiger charge is -2.09. The lowest BCUT2D eigenvalue weighted by molar-refractivity contribution is 0.827. The molecule has 0 aliphatic rings. The van der Waals surface area contributed by atoms with Crippen LogP contribution in [-0.2, 0) is 7.05 Å². The summed E-state index contributed by atoms with van der Waals surface area (Å²) in [5, 5.41) is 1.09. The molecule has 0 aromatic carbocycles. The van der Waals surface area contributed by atoms with E-state index in [-0.39, 0.29) is 0 Å². The van der Waals surface area contributed by atoms with Crippen LogP contribution >= 0.6 is 15.9 Å². The highest BCUT2D eigenvalue weighted by Gasteiger charge is 2.17. The van der Waals surface area contributed by atoms with Gasteiger partial charge in [0.15, 0.2) is 5.82 Å². The van der Waals surface area contributed by atoms with Crippen LogP contribution in [0.15, 0.2) is 35.1 Å². The predicted molar refractivity (Wildman–Crippen MR) is 83.5 cm³/mol. The van der Waals surface area contributed by atoms with Gasteiger partial charge in [0.05, 0.1) is 11.1 Å². The Morgan fingerprint density at radius 1 is 1.20 bits per heavy atom. The fraction of sp³-hybridized carbons (Fsp3) is 0.267. The topological polar surface area (TPSA) is 43.6 Å². The van der Waals surface area contributed by atoms with E-state index >= 15 is 0 Å². The molecule has 20 heavy (non-hydrogen) atoms. The van der Waals surface area contributed by atoms with Crippen molar-refractivity contribution < 1.29 is 0 Å². The van der Waals surface area contributed by atoms with E-state index < -0.39 is 0 Å². The van der Waals surface area contributed by atoms with Gasteiger partial charge in [0.1, 0.15) is 11.3 Å². The number of halogens is 1. The number of nitrogens with zero attached hydrogens (tertiary/aromatic N) is 4. The minimum Gasteiger partial charge on any atom is -0.334 e. The van der Waals surface area contributed by atoms with Crippen LogP contribution in [0.25, 0.3) is 22.6 Å². The van der Waals surface area contributed by atoms with Gasteiger partial charge in [-0.1, -0.05) is 19.9 Å². The molecular formula is C15H15BrN4. The van der Waals surface area contributed by atoms with Crippen LogP contribution in [0.3, 0.4) is 0 Å². The van der Waals surface area contributed by atoms with Gasteiger partial charge < -0.3 is 4.57 Å². The second-order valence-electron chi connectivity index (χ2n) is 5.09. The monoisotopic (exact) mass is 330 g/mol. The Hall–Kier alpha value is -1.75. The molecule has 0 aliphatic carbocycles. The third-order valence-electron chi connectivity index (χ3n) is 3.24. The van der Waals surface area contributed by atoms with Gasteiger partial charge in [-0.15, -0.1) is 0 Å². The first-order chi connectivity index (χ1) is 9.58. The zero-order chi connectivity index (χ0) is 14.3. The van der Waals surface area contributed by atoms with Crippen LogP contribution in [0.4, 0.5) is 0 Å². The molecule has 102 valence electrons. The molecule has 0 atom stereocenters. The molecule has 3 aromatic heterocycles. The largest absolute Gasteiger partial charge is 0.334 e. The SMILES string of the molecule is CC(C)c1nc(-c2ccccn2)nc2c1c(Br)cn2C. The molecule has 0 amide bonds. The van der Waals surface area contributed by atoms with Crippen molar-refractivity contribution in [3.05, 3.63) is 40.8 Å². The summed E-state index contributed by atoms with van der Waals surface area (Å²) < 4.78 is 3.05. The van der Waals surface area contributed by atoms with Gasteiger partial charge in [-0.3, -0.25) is 4.98 Å². The molecule has 0 N–H and O–H groups in total. The first-order valence-corrected chi connectivity index (χ1v) is 7.31. The number of hydrogen-bond acceptors (Lipinski definition) is 3. The van der Waals surface area contributed by atoms with Crippen molar-refractivity contribution in [1.82, 2.24) is 19.5 Å². The maximum atomic E-state index is 4.73. The van der Waals surface area contributed by atoms with E-state index in [1.807, 2.05) is 36.0 Å². The van der Waals surface area contributed by atoms with Gasteiger partial charge >= 0.3 is 0 Å². The van der Waals surface area contributed by atoms with E-state index in [2.05, 4.69) is 39.7 Å². The molecule has 0 bridgehead atoms. The first kappa shape index (κ1) is 13.2. The number of fused-ring (bicyclic) bond motifs is 1. The average Bonchev–Trinajstić information content (AvgIpc) is 2.74. The lowest BCUT2D eigenvalue weighted by atomic mass is 10.1. The standard InChI is InChI=1S/C15H15BrN4/c1-9(2)13-12-10(16)8-20(3)15(12)19-14(18-13)11-6-4-5-7-17-11/h4-9H,1-3H3. The number of aryl methyl sites for hydroxylation is 1. The fourth-order valence-corrected chi connectivity index (χ4v) is 2.96. The zero-order valence-electron chi connectivity index (χ0n) is 11.6. The molecule has 0 saturated heterocycles. The van der Waals surface area contributed by atoms with Gasteiger partial charge in [-0.25, -0.2) is 9.97 Å². The summed E-state index contributed by atoms with van der Waals surface area (Å²) in [5.74, 6) is 0.997. The Balaban J connectivity index is 2.34. The van der Waals surface area contributed by atoms with Gasteiger partial charge in [0, 0.05) is 23.9 Å². The highest BCUT2D eigenvalue weighted by atomic mass is 79.9. The summed E-state index contributed by atoms with van der Waals surface area (Å²) in [7, 11) is 1.99. The summed E-state index contributed by atoms with van der Waals surface area (Å²) in [6.07, 6.45) is 3.78. The molecule has 5 heteroatoms. The third-order valence-corrected chi connectivity index (χ3v) is 3.84. The summed E-state index contributed by atoms with van der Waals surface area (Å²) >= 11 is 3.60. The Bertz CT molecular complexity index is 762. The molecule has 0 fully saturated rings. The van der Waals surface area contributed by atoms with Gasteiger partial charge in [-0.05, 0) is 34.0 Å². The van der Waals surface area contributed by atoms with Gasteiger partial charge in [-0.2, -0.15) is 0 Å². The smallest absolute Gasteiger partial charge is 0.180 e. The number of rotatable bonds is 2. The summed E-state index contributed by atoms with van der Waals surface area (Å²) in [5.41, 5.74) is 2.77. The molecule has 3 rings (SSSR count). The van der Waals surface area contributed by atoms with Gasteiger partial charge in [0.2, 0.25) is 0 Å². The molecule has 0 saturated carbocycles. The van der Waals surface area contributed by atoms with Crippen molar-refractivity contribution >= 4 is 27.0 Å². The van der Waals surface area contributed by atoms with Crippen molar-refractivity contribution in [2.24, 2.45) is 7.05 Å². The maximum absolute atomic E-state index is 4.73. The van der Waals surface area contributed by atoms with Crippen molar-refractivity contribution in [1.29, 1.82) is 0 Å². The highest BCUT2D eigenvalue weighted by molar-refractivity contribution is 9.10. The van der Waals surface area contributed by atoms with Gasteiger partial charge in [0.25, 0.3) is 0 Å². The average molecular weight is 331 g/mol. The summed E-state index contributed by atoms with van der Waals surface area (Å²) in [6.45, 7) is 4.28. The van der Waals surface area contributed by atoms with E-state index in [1.54, 1.807) is 6.20 Å². The Labute approximate surface area is 126 Å². The van der Waals surface area contributed by atoms with Crippen LogP contribution in [0, 0.1) is 0 Å². The van der Waals surface area contributed by atoms with E-state index in [4.69, 9.17) is 4.98 Å². The first-order valence-electron chi connectivity index (χ1n) is 6.51. The van der Waals surface area contributed by atoms with Crippen molar-refractivity contribution in [2.45, 2.75) is 19.8 Å². The lowest BCUT2D eigenvalue weighted by Crippen LogP contribution is -2.01. The molecule has 0 aliphatic heterocycles. The molecule has 0 radical (unpaired) electrons. The van der Waals surface area contributed by atoms with E-state index in [9.17, 15) is 0 Å². The van der Waals surface area contributed by atoms with E-state index in [0.717, 1.165) is 26.9 Å². The minimum absolute atomic E-state index is 0.321.